The van der Waals surface area contributed by atoms with Crippen LogP contribution in [0.15, 0.2) is 16.7 Å². The van der Waals surface area contributed by atoms with Crippen LogP contribution in [0, 0.1) is 0 Å². The van der Waals surface area contributed by atoms with Crippen molar-refractivity contribution in [2.45, 2.75) is 25.3 Å². The van der Waals surface area contributed by atoms with Gasteiger partial charge in [0.15, 0.2) is 0 Å². The Morgan fingerprint density at radius 3 is 3.06 bits per heavy atom. The summed E-state index contributed by atoms with van der Waals surface area (Å²) in [6, 6.07) is 1.85. The molecule has 1 fully saturated rings. The zero-order valence-electron chi connectivity index (χ0n) is 9.29. The minimum Gasteiger partial charge on any atom is -0.396 e. The minimum absolute atomic E-state index is 0.0623. The van der Waals surface area contributed by atoms with E-state index in [1.54, 1.807) is 6.20 Å². The summed E-state index contributed by atoms with van der Waals surface area (Å²) in [5, 5.41) is 3.37. The Morgan fingerprint density at radius 1 is 1.62 bits per heavy atom. The molecular formula is C11H16BrN3O. The van der Waals surface area contributed by atoms with Crippen molar-refractivity contribution in [1.82, 2.24) is 4.98 Å². The molecule has 1 unspecified atom stereocenters. The molecule has 1 saturated heterocycles. The maximum Gasteiger partial charge on any atom is 0.149 e. The molecule has 0 radical (unpaired) electrons. The summed E-state index contributed by atoms with van der Waals surface area (Å²) < 4.78 is 6.37. The largest absolute Gasteiger partial charge is 0.396 e. The number of rotatable bonds is 2. The third-order valence-corrected chi connectivity index (χ3v) is 3.18. The maximum absolute atomic E-state index is 5.90. The van der Waals surface area contributed by atoms with Crippen LogP contribution < -0.4 is 11.1 Å². The molecule has 1 aliphatic rings. The predicted octanol–water partition coefficient (Wildman–Crippen LogP) is 2.41. The van der Waals surface area contributed by atoms with Gasteiger partial charge in [0.2, 0.25) is 0 Å². The number of aromatic nitrogens is 1. The summed E-state index contributed by atoms with van der Waals surface area (Å²) in [7, 11) is 0. The second-order valence-corrected chi connectivity index (χ2v) is 5.35. The highest BCUT2D eigenvalue weighted by atomic mass is 79.9. The molecule has 1 aliphatic heterocycles. The number of hydrogen-bond donors (Lipinski definition) is 2. The van der Waals surface area contributed by atoms with E-state index in [0.29, 0.717) is 12.3 Å². The van der Waals surface area contributed by atoms with Crippen molar-refractivity contribution in [2.24, 2.45) is 0 Å². The summed E-state index contributed by atoms with van der Waals surface area (Å²) in [5.41, 5.74) is 6.49. The molecule has 0 saturated carbocycles. The van der Waals surface area contributed by atoms with Gasteiger partial charge in [-0.2, -0.15) is 0 Å². The van der Waals surface area contributed by atoms with Gasteiger partial charge in [-0.3, -0.25) is 0 Å². The van der Waals surface area contributed by atoms with E-state index >= 15 is 0 Å². The quantitative estimate of drug-likeness (QED) is 0.876. The third kappa shape index (κ3) is 2.65. The van der Waals surface area contributed by atoms with E-state index in [9.17, 15) is 0 Å². The van der Waals surface area contributed by atoms with Crippen molar-refractivity contribution in [1.29, 1.82) is 0 Å². The Bertz CT molecular complexity index is 377. The Labute approximate surface area is 104 Å². The van der Waals surface area contributed by atoms with Crippen LogP contribution in [-0.4, -0.2) is 23.7 Å². The number of ether oxygens (including phenoxy) is 1. The highest BCUT2D eigenvalue weighted by Crippen LogP contribution is 2.27. The Hall–Kier alpha value is -0.810. The van der Waals surface area contributed by atoms with Crippen molar-refractivity contribution in [3.05, 3.63) is 16.7 Å². The number of pyridine rings is 1. The second kappa shape index (κ2) is 4.59. The highest BCUT2D eigenvalue weighted by Gasteiger charge is 2.28. The van der Waals surface area contributed by atoms with Crippen LogP contribution in [0.4, 0.5) is 11.5 Å². The fourth-order valence-corrected chi connectivity index (χ4v) is 2.23. The zero-order valence-corrected chi connectivity index (χ0v) is 10.9. The average molecular weight is 286 g/mol. The number of halogens is 1. The van der Waals surface area contributed by atoms with E-state index < -0.39 is 0 Å². The van der Waals surface area contributed by atoms with Crippen LogP contribution in [0.5, 0.6) is 0 Å². The summed E-state index contributed by atoms with van der Waals surface area (Å²) in [6.45, 7) is 3.68. The molecule has 0 aromatic carbocycles. The van der Waals surface area contributed by atoms with Crippen LogP contribution in [0.25, 0.3) is 0 Å². The Morgan fingerprint density at radius 2 is 2.44 bits per heavy atom. The molecule has 2 rings (SSSR count). The van der Waals surface area contributed by atoms with Crippen LogP contribution >= 0.6 is 15.9 Å². The molecule has 0 aliphatic carbocycles. The number of nitrogens with two attached hydrogens (primary N) is 1. The number of nitrogen functional groups attached to an aromatic ring is 1. The standard InChI is InChI=1S/C11H16BrN3O/c1-11(3-2-4-16-7-11)15-10-9(13)5-8(12)6-14-10/h5-6H,2-4,7,13H2,1H3,(H,14,15). The molecule has 0 spiro atoms. The molecule has 3 N–H and O–H groups in total. The van der Waals surface area contributed by atoms with Crippen LogP contribution in [-0.2, 0) is 4.74 Å². The molecule has 16 heavy (non-hydrogen) atoms. The molecular weight excluding hydrogens is 270 g/mol. The topological polar surface area (TPSA) is 60.2 Å². The fourth-order valence-electron chi connectivity index (χ4n) is 1.88. The van der Waals surface area contributed by atoms with Gasteiger partial charge in [-0.25, -0.2) is 4.98 Å². The lowest BCUT2D eigenvalue weighted by Gasteiger charge is -2.35. The number of nitrogens with zero attached hydrogens (tertiary/aromatic N) is 1. The number of hydrogen-bond acceptors (Lipinski definition) is 4. The van der Waals surface area contributed by atoms with Crippen molar-refractivity contribution < 1.29 is 4.74 Å². The van der Waals surface area contributed by atoms with Gasteiger partial charge in [-0.05, 0) is 41.8 Å². The smallest absolute Gasteiger partial charge is 0.149 e. The van der Waals surface area contributed by atoms with E-state index in [0.717, 1.165) is 29.7 Å². The molecule has 1 aromatic rings. The van der Waals surface area contributed by atoms with Gasteiger partial charge in [0.1, 0.15) is 5.82 Å². The average Bonchev–Trinajstić information content (AvgIpc) is 2.23. The van der Waals surface area contributed by atoms with Gasteiger partial charge in [-0.1, -0.05) is 0 Å². The normalized spacial score (nSPS) is 25.4. The van der Waals surface area contributed by atoms with Gasteiger partial charge in [-0.15, -0.1) is 0 Å². The number of anilines is 2. The first kappa shape index (κ1) is 11.7. The molecule has 1 aromatic heterocycles. The van der Waals surface area contributed by atoms with Gasteiger partial charge < -0.3 is 15.8 Å². The minimum atomic E-state index is -0.0623. The van der Waals surface area contributed by atoms with Crippen molar-refractivity contribution in [3.63, 3.8) is 0 Å². The lowest BCUT2D eigenvalue weighted by molar-refractivity contribution is 0.0539. The second-order valence-electron chi connectivity index (χ2n) is 4.43. The van der Waals surface area contributed by atoms with E-state index in [2.05, 4.69) is 33.2 Å². The third-order valence-electron chi connectivity index (χ3n) is 2.74. The lowest BCUT2D eigenvalue weighted by atomic mass is 9.95. The van der Waals surface area contributed by atoms with E-state index in [4.69, 9.17) is 10.5 Å². The van der Waals surface area contributed by atoms with Crippen molar-refractivity contribution in [3.8, 4) is 0 Å². The monoisotopic (exact) mass is 285 g/mol. The summed E-state index contributed by atoms with van der Waals surface area (Å²) in [4.78, 5) is 4.28. The van der Waals surface area contributed by atoms with Gasteiger partial charge in [0.25, 0.3) is 0 Å². The SMILES string of the molecule is CC1(Nc2ncc(Br)cc2N)CCCOC1. The molecule has 88 valence electrons. The van der Waals surface area contributed by atoms with Crippen molar-refractivity contribution >= 4 is 27.4 Å². The van der Waals surface area contributed by atoms with Crippen molar-refractivity contribution in [2.75, 3.05) is 24.3 Å². The summed E-state index contributed by atoms with van der Waals surface area (Å²) in [6.07, 6.45) is 3.88. The maximum atomic E-state index is 5.90. The lowest BCUT2D eigenvalue weighted by Crippen LogP contribution is -2.43. The van der Waals surface area contributed by atoms with Gasteiger partial charge >= 0.3 is 0 Å². The zero-order chi connectivity index (χ0) is 11.6. The van der Waals surface area contributed by atoms with E-state index in [-0.39, 0.29) is 5.54 Å². The Balaban J connectivity index is 2.13. The van der Waals surface area contributed by atoms with Gasteiger partial charge in [0, 0.05) is 17.3 Å². The molecule has 0 bridgehead atoms. The van der Waals surface area contributed by atoms with Crippen LogP contribution in [0.2, 0.25) is 0 Å². The first-order chi connectivity index (χ1) is 7.59. The molecule has 5 heteroatoms. The Kier molecular flexibility index (Phi) is 3.35. The molecule has 2 heterocycles. The first-order valence-corrected chi connectivity index (χ1v) is 6.15. The summed E-state index contributed by atoms with van der Waals surface area (Å²) >= 11 is 3.34. The van der Waals surface area contributed by atoms with E-state index in [1.807, 2.05) is 6.07 Å². The first-order valence-electron chi connectivity index (χ1n) is 5.36. The predicted molar refractivity (Wildman–Crippen MR) is 68.4 cm³/mol. The molecule has 1 atom stereocenters. The van der Waals surface area contributed by atoms with Crippen LogP contribution in [0.1, 0.15) is 19.8 Å². The van der Waals surface area contributed by atoms with Gasteiger partial charge in [0.05, 0.1) is 17.8 Å². The highest BCUT2D eigenvalue weighted by molar-refractivity contribution is 9.10. The van der Waals surface area contributed by atoms with E-state index in [1.165, 1.54) is 0 Å². The molecule has 4 nitrogen and oxygen atoms in total. The van der Waals surface area contributed by atoms with Crippen LogP contribution in [0.3, 0.4) is 0 Å². The fraction of sp³-hybridized carbons (Fsp3) is 0.545. The number of nitrogens with one attached hydrogen (secondary N) is 1. The summed E-state index contributed by atoms with van der Waals surface area (Å²) in [5.74, 6) is 0.733. The molecule has 0 amide bonds.